The van der Waals surface area contributed by atoms with Crippen molar-refractivity contribution in [2.24, 2.45) is 5.92 Å². The fraction of sp³-hybridized carbons (Fsp3) is 0.208. The van der Waals surface area contributed by atoms with E-state index in [1.54, 1.807) is 6.92 Å². The Morgan fingerprint density at radius 1 is 0.885 bits per heavy atom. The van der Waals surface area contributed by atoms with E-state index in [0.29, 0.717) is 5.57 Å². The molecule has 0 saturated carbocycles. The summed E-state index contributed by atoms with van der Waals surface area (Å²) < 4.78 is 5.81. The molecule has 0 aliphatic heterocycles. The van der Waals surface area contributed by atoms with Crippen LogP contribution < -0.4 is 0 Å². The van der Waals surface area contributed by atoms with Crippen LogP contribution in [-0.4, -0.2) is 5.97 Å². The number of carbonyl (C=O) groups excluding carboxylic acids is 1. The van der Waals surface area contributed by atoms with E-state index in [2.05, 4.69) is 75.0 Å². The monoisotopic (exact) mass is 342 g/mol. The molecule has 0 bridgehead atoms. The molecule has 1 atom stereocenters. The van der Waals surface area contributed by atoms with Crippen LogP contribution in [0.1, 0.15) is 32.4 Å². The first-order valence-electron chi connectivity index (χ1n) is 9.00. The van der Waals surface area contributed by atoms with Crippen molar-refractivity contribution in [3.63, 3.8) is 0 Å². The van der Waals surface area contributed by atoms with Gasteiger partial charge in [0.1, 0.15) is 6.10 Å². The van der Waals surface area contributed by atoms with E-state index in [9.17, 15) is 4.79 Å². The maximum absolute atomic E-state index is 12.2. The van der Waals surface area contributed by atoms with E-state index < -0.39 is 0 Å². The fourth-order valence-electron chi connectivity index (χ4n) is 3.78. The highest BCUT2D eigenvalue weighted by Gasteiger charge is 2.24. The molecule has 4 aromatic rings. The molecule has 2 nitrogen and oxygen atoms in total. The second kappa shape index (κ2) is 6.14. The van der Waals surface area contributed by atoms with Gasteiger partial charge in [0.2, 0.25) is 0 Å². The molecule has 0 saturated heterocycles. The molecule has 0 radical (unpaired) electrons. The number of hydrogen-bond acceptors (Lipinski definition) is 2. The zero-order valence-corrected chi connectivity index (χ0v) is 15.4. The van der Waals surface area contributed by atoms with Crippen molar-refractivity contribution in [2.45, 2.75) is 26.9 Å². The second-order valence-corrected chi connectivity index (χ2v) is 7.36. The molecule has 0 heterocycles. The lowest BCUT2D eigenvalue weighted by atomic mass is 9.88. The second-order valence-electron chi connectivity index (χ2n) is 7.36. The van der Waals surface area contributed by atoms with Crippen molar-refractivity contribution in [3.8, 4) is 0 Å². The molecule has 130 valence electrons. The van der Waals surface area contributed by atoms with Gasteiger partial charge in [-0.3, -0.25) is 0 Å². The summed E-state index contributed by atoms with van der Waals surface area (Å²) >= 11 is 0. The number of carbonyl (C=O) groups is 1. The van der Waals surface area contributed by atoms with E-state index in [4.69, 9.17) is 4.74 Å². The van der Waals surface area contributed by atoms with Gasteiger partial charge < -0.3 is 4.74 Å². The number of rotatable bonds is 4. The minimum Gasteiger partial charge on any atom is -0.454 e. The Balaban J connectivity index is 2.00. The van der Waals surface area contributed by atoms with E-state index >= 15 is 0 Å². The lowest BCUT2D eigenvalue weighted by Gasteiger charge is -2.24. The smallest absolute Gasteiger partial charge is 0.333 e. The molecular weight excluding hydrogens is 320 g/mol. The van der Waals surface area contributed by atoms with Crippen LogP contribution in [0.3, 0.4) is 0 Å². The summed E-state index contributed by atoms with van der Waals surface area (Å²) in [6.07, 6.45) is -0.302. The molecule has 4 aromatic carbocycles. The maximum atomic E-state index is 12.2. The van der Waals surface area contributed by atoms with Crippen molar-refractivity contribution in [1.82, 2.24) is 0 Å². The molecule has 0 spiro atoms. The van der Waals surface area contributed by atoms with Crippen LogP contribution in [0.4, 0.5) is 0 Å². The van der Waals surface area contributed by atoms with E-state index in [1.165, 1.54) is 26.9 Å². The SMILES string of the molecule is C=C(C)C(=O)OC(c1ccc2ccc3cccc4ccc1c2c34)C(C)C. The molecule has 0 aliphatic carbocycles. The lowest BCUT2D eigenvalue weighted by Crippen LogP contribution is -2.17. The van der Waals surface area contributed by atoms with Gasteiger partial charge in [-0.1, -0.05) is 75.0 Å². The average Bonchev–Trinajstić information content (AvgIpc) is 2.63. The Morgan fingerprint density at radius 2 is 1.46 bits per heavy atom. The van der Waals surface area contributed by atoms with Crippen LogP contribution in [0.25, 0.3) is 32.3 Å². The molecular formula is C24H22O2. The number of hydrogen-bond donors (Lipinski definition) is 0. The third kappa shape index (κ3) is 2.53. The van der Waals surface area contributed by atoms with Crippen molar-refractivity contribution in [3.05, 3.63) is 72.3 Å². The maximum Gasteiger partial charge on any atom is 0.333 e. The normalized spacial score (nSPS) is 12.9. The molecule has 2 heteroatoms. The molecule has 0 N–H and O–H groups in total. The van der Waals surface area contributed by atoms with Crippen LogP contribution in [0.5, 0.6) is 0 Å². The Bertz CT molecular complexity index is 1120. The number of esters is 1. The predicted octanol–water partition coefficient (Wildman–Crippen LogP) is 6.40. The van der Waals surface area contributed by atoms with Crippen molar-refractivity contribution >= 4 is 38.3 Å². The summed E-state index contributed by atoms with van der Waals surface area (Å²) in [7, 11) is 0. The Hall–Kier alpha value is -2.87. The summed E-state index contributed by atoms with van der Waals surface area (Å²) in [6, 6.07) is 19.3. The highest BCUT2D eigenvalue weighted by Crippen LogP contribution is 2.39. The van der Waals surface area contributed by atoms with Crippen molar-refractivity contribution in [1.29, 1.82) is 0 Å². The average molecular weight is 342 g/mol. The van der Waals surface area contributed by atoms with Gasteiger partial charge in [0.15, 0.2) is 0 Å². The Morgan fingerprint density at radius 3 is 2.08 bits per heavy atom. The largest absolute Gasteiger partial charge is 0.454 e. The van der Waals surface area contributed by atoms with Crippen LogP contribution in [0.2, 0.25) is 0 Å². The van der Waals surface area contributed by atoms with Gasteiger partial charge in [-0.15, -0.1) is 0 Å². The fourth-order valence-corrected chi connectivity index (χ4v) is 3.78. The molecule has 4 rings (SSSR count). The lowest BCUT2D eigenvalue weighted by molar-refractivity contribution is -0.146. The van der Waals surface area contributed by atoms with E-state index in [0.717, 1.165) is 10.9 Å². The van der Waals surface area contributed by atoms with Gasteiger partial charge >= 0.3 is 5.97 Å². The Kier molecular flexibility index (Phi) is 3.91. The van der Waals surface area contributed by atoms with Gasteiger partial charge in [0.25, 0.3) is 0 Å². The molecule has 0 amide bonds. The van der Waals surface area contributed by atoms with Gasteiger partial charge in [-0.2, -0.15) is 0 Å². The van der Waals surface area contributed by atoms with E-state index in [1.807, 2.05) is 0 Å². The van der Waals surface area contributed by atoms with Gasteiger partial charge in [-0.25, -0.2) is 4.79 Å². The summed E-state index contributed by atoms with van der Waals surface area (Å²) in [5.74, 6) is -0.175. The zero-order valence-electron chi connectivity index (χ0n) is 15.4. The summed E-state index contributed by atoms with van der Waals surface area (Å²) in [5, 5.41) is 7.35. The number of benzene rings is 4. The van der Waals surface area contributed by atoms with Gasteiger partial charge in [0, 0.05) is 11.1 Å². The van der Waals surface area contributed by atoms with Crippen molar-refractivity contribution in [2.75, 3.05) is 0 Å². The molecule has 1 unspecified atom stereocenters. The summed E-state index contributed by atoms with van der Waals surface area (Å²) in [6.45, 7) is 9.56. The highest BCUT2D eigenvalue weighted by atomic mass is 16.5. The first-order chi connectivity index (χ1) is 12.5. The molecule has 0 fully saturated rings. The minimum atomic E-state index is -0.339. The third-order valence-corrected chi connectivity index (χ3v) is 5.06. The predicted molar refractivity (Wildman–Crippen MR) is 109 cm³/mol. The summed E-state index contributed by atoms with van der Waals surface area (Å²) in [4.78, 5) is 12.2. The molecule has 26 heavy (non-hydrogen) atoms. The van der Waals surface area contributed by atoms with Crippen LogP contribution in [-0.2, 0) is 9.53 Å². The number of ether oxygens (including phenoxy) is 1. The van der Waals surface area contributed by atoms with Crippen LogP contribution >= 0.6 is 0 Å². The van der Waals surface area contributed by atoms with Crippen LogP contribution in [0, 0.1) is 5.92 Å². The summed E-state index contributed by atoms with van der Waals surface area (Å²) in [5.41, 5.74) is 1.48. The molecule has 0 aromatic heterocycles. The van der Waals surface area contributed by atoms with E-state index in [-0.39, 0.29) is 18.0 Å². The van der Waals surface area contributed by atoms with Crippen LogP contribution in [0.15, 0.2) is 66.7 Å². The quantitative estimate of drug-likeness (QED) is 0.244. The standard InChI is InChI=1S/C24H22O2/c1-14(2)23(26-24(25)15(3)4)20-13-11-18-9-8-16-6-5-7-17-10-12-19(20)22(18)21(16)17/h5-14,23H,3H2,1-2,4H3. The van der Waals surface area contributed by atoms with Gasteiger partial charge in [-0.05, 0) is 45.2 Å². The topological polar surface area (TPSA) is 26.3 Å². The first kappa shape index (κ1) is 16.6. The van der Waals surface area contributed by atoms with Gasteiger partial charge in [0.05, 0.1) is 0 Å². The molecule has 0 aliphatic rings. The van der Waals surface area contributed by atoms with Crippen molar-refractivity contribution < 1.29 is 9.53 Å². The zero-order chi connectivity index (χ0) is 18.4. The highest BCUT2D eigenvalue weighted by molar-refractivity contribution is 6.23. The third-order valence-electron chi connectivity index (χ3n) is 5.06. The minimum absolute atomic E-state index is 0.164. The first-order valence-corrected chi connectivity index (χ1v) is 9.00. The Labute approximate surface area is 153 Å².